The maximum atomic E-state index is 6.21. The van der Waals surface area contributed by atoms with Crippen LogP contribution in [0.5, 0.6) is 0 Å². The molecular formula is C47H30O. The van der Waals surface area contributed by atoms with E-state index < -0.39 is 0 Å². The summed E-state index contributed by atoms with van der Waals surface area (Å²) in [6.45, 7) is 4.79. The molecule has 0 saturated heterocycles. The molecular weight excluding hydrogens is 581 g/mol. The van der Waals surface area contributed by atoms with Crippen molar-refractivity contribution in [2.45, 2.75) is 19.3 Å². The number of para-hydroxylation sites is 1. The van der Waals surface area contributed by atoms with Crippen LogP contribution in [0.3, 0.4) is 0 Å². The third-order valence-corrected chi connectivity index (χ3v) is 11.1. The normalized spacial score (nSPS) is 13.8. The van der Waals surface area contributed by atoms with Crippen LogP contribution in [0.2, 0.25) is 0 Å². The summed E-state index contributed by atoms with van der Waals surface area (Å²) in [5.41, 5.74) is 12.2. The van der Waals surface area contributed by atoms with Crippen LogP contribution in [0.25, 0.3) is 98.4 Å². The van der Waals surface area contributed by atoms with Crippen molar-refractivity contribution in [3.05, 3.63) is 157 Å². The minimum atomic E-state index is -0.154. The second-order valence-corrected chi connectivity index (χ2v) is 14.1. The zero-order chi connectivity index (χ0) is 31.7. The molecule has 1 aliphatic rings. The molecule has 1 aliphatic carbocycles. The van der Waals surface area contributed by atoms with Crippen LogP contribution in [-0.4, -0.2) is 0 Å². The second kappa shape index (κ2) is 9.12. The van der Waals surface area contributed by atoms with Crippen LogP contribution < -0.4 is 0 Å². The predicted molar refractivity (Wildman–Crippen MR) is 203 cm³/mol. The molecule has 1 aromatic heterocycles. The predicted octanol–water partition coefficient (Wildman–Crippen LogP) is 13.3. The smallest absolute Gasteiger partial charge is 0.135 e. The molecule has 0 fully saturated rings. The van der Waals surface area contributed by atoms with Gasteiger partial charge in [0.25, 0.3) is 0 Å². The van der Waals surface area contributed by atoms with Crippen molar-refractivity contribution >= 4 is 65.0 Å². The Bertz CT molecular complexity index is 2910. The molecule has 11 rings (SSSR count). The highest BCUT2D eigenvalue weighted by atomic mass is 16.3. The van der Waals surface area contributed by atoms with Crippen LogP contribution >= 0.6 is 0 Å². The molecule has 0 bridgehead atoms. The van der Waals surface area contributed by atoms with Gasteiger partial charge in [-0.15, -0.1) is 0 Å². The van der Waals surface area contributed by atoms with E-state index in [1.54, 1.807) is 0 Å². The molecule has 1 heteroatoms. The first-order valence-electron chi connectivity index (χ1n) is 16.8. The number of rotatable bonds is 2. The molecule has 0 unspecified atom stereocenters. The maximum Gasteiger partial charge on any atom is 0.135 e. The Morgan fingerprint density at radius 3 is 1.90 bits per heavy atom. The fourth-order valence-electron chi connectivity index (χ4n) is 8.93. The van der Waals surface area contributed by atoms with Gasteiger partial charge in [0.1, 0.15) is 11.2 Å². The van der Waals surface area contributed by atoms with E-state index in [0.717, 1.165) is 21.9 Å². The molecule has 0 radical (unpaired) electrons. The van der Waals surface area contributed by atoms with Crippen LogP contribution in [0.1, 0.15) is 25.0 Å². The summed E-state index contributed by atoms with van der Waals surface area (Å²) < 4.78 is 6.21. The average molecular weight is 611 g/mol. The monoisotopic (exact) mass is 610 g/mol. The van der Waals surface area contributed by atoms with E-state index in [0.29, 0.717) is 0 Å². The van der Waals surface area contributed by atoms with Gasteiger partial charge in [0.05, 0.1) is 0 Å². The van der Waals surface area contributed by atoms with Crippen molar-refractivity contribution in [1.82, 2.24) is 0 Å². The number of furan rings is 1. The topological polar surface area (TPSA) is 13.1 Å². The van der Waals surface area contributed by atoms with Crippen molar-refractivity contribution in [3.63, 3.8) is 0 Å². The highest BCUT2D eigenvalue weighted by molar-refractivity contribution is 6.24. The lowest BCUT2D eigenvalue weighted by atomic mass is 9.78. The molecule has 0 saturated carbocycles. The Morgan fingerprint density at radius 1 is 0.417 bits per heavy atom. The Morgan fingerprint density at radius 2 is 1.06 bits per heavy atom. The summed E-state index contributed by atoms with van der Waals surface area (Å²) in [4.78, 5) is 0. The highest BCUT2D eigenvalue weighted by Gasteiger charge is 2.38. The molecule has 0 amide bonds. The minimum absolute atomic E-state index is 0.154. The Hall–Kier alpha value is -5.92. The largest absolute Gasteiger partial charge is 0.456 e. The van der Waals surface area contributed by atoms with Gasteiger partial charge in [-0.1, -0.05) is 117 Å². The van der Waals surface area contributed by atoms with E-state index in [4.69, 9.17) is 4.42 Å². The molecule has 0 spiro atoms. The number of benzene rings is 9. The average Bonchev–Trinajstić information content (AvgIpc) is 3.62. The minimum Gasteiger partial charge on any atom is -0.456 e. The molecule has 1 heterocycles. The van der Waals surface area contributed by atoms with Crippen molar-refractivity contribution < 1.29 is 4.42 Å². The molecule has 9 aromatic carbocycles. The number of fused-ring (bicyclic) bond motifs is 8. The van der Waals surface area contributed by atoms with E-state index >= 15 is 0 Å². The summed E-state index contributed by atoms with van der Waals surface area (Å²) in [5, 5.41) is 12.8. The quantitative estimate of drug-likeness (QED) is 0.178. The zero-order valence-electron chi connectivity index (χ0n) is 26.8. The molecule has 0 atom stereocenters. The molecule has 48 heavy (non-hydrogen) atoms. The Kier molecular flexibility index (Phi) is 4.97. The SMILES string of the molecule is CC1(C)c2ccccc2-c2c(-c3ccc4oc5ccccc5c4c3)cc3ccc(-c4cc5ccc6cccc7ccc(c4)c5c67)cc3c21. The summed E-state index contributed by atoms with van der Waals surface area (Å²) in [5.74, 6) is 0. The summed E-state index contributed by atoms with van der Waals surface area (Å²) in [6, 6.07) is 54.1. The third-order valence-electron chi connectivity index (χ3n) is 11.1. The van der Waals surface area contributed by atoms with Gasteiger partial charge >= 0.3 is 0 Å². The second-order valence-electron chi connectivity index (χ2n) is 14.1. The van der Waals surface area contributed by atoms with Gasteiger partial charge in [0.15, 0.2) is 0 Å². The number of hydrogen-bond acceptors (Lipinski definition) is 1. The van der Waals surface area contributed by atoms with Gasteiger partial charge in [0.2, 0.25) is 0 Å². The van der Waals surface area contributed by atoms with Crippen LogP contribution in [0, 0.1) is 0 Å². The highest BCUT2D eigenvalue weighted by Crippen LogP contribution is 2.55. The first-order valence-corrected chi connectivity index (χ1v) is 16.8. The van der Waals surface area contributed by atoms with Gasteiger partial charge in [-0.2, -0.15) is 0 Å². The third kappa shape index (κ3) is 3.40. The van der Waals surface area contributed by atoms with E-state index in [1.807, 2.05) is 6.07 Å². The lowest BCUT2D eigenvalue weighted by molar-refractivity contribution is 0.666. The Labute approximate surface area is 278 Å². The van der Waals surface area contributed by atoms with Gasteiger partial charge in [-0.25, -0.2) is 0 Å². The van der Waals surface area contributed by atoms with E-state index in [1.165, 1.54) is 87.6 Å². The fraction of sp³-hybridized carbons (Fsp3) is 0.0638. The fourth-order valence-corrected chi connectivity index (χ4v) is 8.93. The summed E-state index contributed by atoms with van der Waals surface area (Å²) in [7, 11) is 0. The van der Waals surface area contributed by atoms with Crippen molar-refractivity contribution in [3.8, 4) is 33.4 Å². The molecule has 10 aromatic rings. The van der Waals surface area contributed by atoms with Gasteiger partial charge in [-0.3, -0.25) is 0 Å². The van der Waals surface area contributed by atoms with E-state index in [2.05, 4.69) is 153 Å². The van der Waals surface area contributed by atoms with Crippen molar-refractivity contribution in [1.29, 1.82) is 0 Å². The number of hydrogen-bond donors (Lipinski definition) is 0. The van der Waals surface area contributed by atoms with E-state index in [-0.39, 0.29) is 5.41 Å². The maximum absolute atomic E-state index is 6.21. The summed E-state index contributed by atoms with van der Waals surface area (Å²) in [6.07, 6.45) is 0. The molecule has 1 nitrogen and oxygen atoms in total. The molecule has 224 valence electrons. The van der Waals surface area contributed by atoms with Crippen LogP contribution in [0.4, 0.5) is 0 Å². The molecule has 0 N–H and O–H groups in total. The van der Waals surface area contributed by atoms with Gasteiger partial charge in [-0.05, 0) is 130 Å². The Balaban J connectivity index is 1.18. The van der Waals surface area contributed by atoms with Crippen molar-refractivity contribution in [2.75, 3.05) is 0 Å². The van der Waals surface area contributed by atoms with Gasteiger partial charge < -0.3 is 4.42 Å². The first-order chi connectivity index (χ1) is 23.5. The standard InChI is InChI=1S/C47H30O/c1-47(2)40-12-5-3-11-36(40)45-37(30-20-21-42-39(26-30)35-10-4-6-13-41(35)48-42)25-31-17-16-29(24-38(31)46(45)47)34-22-32-18-14-27-8-7-9-28-15-19-33(23-34)44(32)43(27)28/h3-26H,1-2H3. The van der Waals surface area contributed by atoms with E-state index in [9.17, 15) is 0 Å². The first kappa shape index (κ1) is 26.2. The molecule has 0 aliphatic heterocycles. The lowest BCUT2D eigenvalue weighted by Crippen LogP contribution is -2.15. The van der Waals surface area contributed by atoms with Gasteiger partial charge in [0, 0.05) is 16.2 Å². The lowest BCUT2D eigenvalue weighted by Gasteiger charge is -2.24. The summed E-state index contributed by atoms with van der Waals surface area (Å²) >= 11 is 0. The van der Waals surface area contributed by atoms with Crippen molar-refractivity contribution in [2.24, 2.45) is 0 Å². The van der Waals surface area contributed by atoms with Crippen LogP contribution in [0.15, 0.2) is 150 Å². The van der Waals surface area contributed by atoms with Crippen LogP contribution in [-0.2, 0) is 5.41 Å². The zero-order valence-corrected chi connectivity index (χ0v) is 26.8.